The summed E-state index contributed by atoms with van der Waals surface area (Å²) in [6, 6.07) is 3.35. The van der Waals surface area contributed by atoms with Crippen LogP contribution in [0.5, 0.6) is 17.2 Å². The first-order valence-electron chi connectivity index (χ1n) is 8.37. The average molecular weight is 409 g/mol. The number of hydrogen-bond acceptors (Lipinski definition) is 8. The second kappa shape index (κ2) is 8.55. The van der Waals surface area contributed by atoms with Crippen LogP contribution < -0.4 is 14.2 Å². The Morgan fingerprint density at radius 1 is 1.07 bits per heavy atom. The molecule has 0 aromatic heterocycles. The summed E-state index contributed by atoms with van der Waals surface area (Å²) in [6.07, 6.45) is 1.51. The van der Waals surface area contributed by atoms with E-state index in [1.54, 1.807) is 32.9 Å². The Morgan fingerprint density at radius 2 is 1.71 bits per heavy atom. The first-order valence-corrected chi connectivity index (χ1v) is 9.19. The number of amides is 2. The molecule has 0 N–H and O–H groups in total. The van der Waals surface area contributed by atoms with Gasteiger partial charge in [-0.25, -0.2) is 0 Å². The van der Waals surface area contributed by atoms with E-state index < -0.39 is 29.3 Å². The summed E-state index contributed by atoms with van der Waals surface area (Å²) in [7, 11) is 4.43. The van der Waals surface area contributed by atoms with Gasteiger partial charge in [-0.2, -0.15) is 0 Å². The number of ether oxygens (including phenoxy) is 4. The molecular weight excluding hydrogens is 386 g/mol. The Hall–Kier alpha value is -2.68. The Morgan fingerprint density at radius 3 is 2.25 bits per heavy atom. The van der Waals surface area contributed by atoms with Crippen LogP contribution in [-0.2, 0) is 14.3 Å². The molecule has 0 atom stereocenters. The highest BCUT2D eigenvalue weighted by molar-refractivity contribution is 8.18. The van der Waals surface area contributed by atoms with Gasteiger partial charge < -0.3 is 18.9 Å². The van der Waals surface area contributed by atoms with Crippen LogP contribution in [0.15, 0.2) is 17.0 Å². The molecule has 0 radical (unpaired) electrons. The first kappa shape index (κ1) is 21.6. The largest absolute Gasteiger partial charge is 0.493 e. The molecule has 28 heavy (non-hydrogen) atoms. The van der Waals surface area contributed by atoms with Crippen LogP contribution in [0.3, 0.4) is 0 Å². The van der Waals surface area contributed by atoms with E-state index in [1.165, 1.54) is 27.4 Å². The monoisotopic (exact) mass is 409 g/mol. The van der Waals surface area contributed by atoms with Crippen LogP contribution in [0.4, 0.5) is 4.79 Å². The maximum absolute atomic E-state index is 12.6. The number of carbonyl (C=O) groups excluding carboxylic acids is 3. The minimum absolute atomic E-state index is 0.166. The first-order chi connectivity index (χ1) is 13.1. The Bertz CT molecular complexity index is 826. The number of imide groups is 1. The van der Waals surface area contributed by atoms with Crippen molar-refractivity contribution in [2.24, 2.45) is 0 Å². The van der Waals surface area contributed by atoms with Crippen molar-refractivity contribution in [2.75, 3.05) is 27.9 Å². The van der Waals surface area contributed by atoms with E-state index in [0.717, 1.165) is 16.7 Å². The average Bonchev–Trinajstić information content (AvgIpc) is 2.87. The number of hydrogen-bond donors (Lipinski definition) is 0. The van der Waals surface area contributed by atoms with Crippen LogP contribution in [0.2, 0.25) is 0 Å². The van der Waals surface area contributed by atoms with E-state index >= 15 is 0 Å². The standard InChI is InChI=1S/C19H23NO7S/c1-19(2,3)27-14(21)10-20-17(22)13(28-18(20)23)9-11-7-8-12(24-4)16(26-6)15(11)25-5/h7-9H,10H2,1-6H3/b13-9+. The molecule has 8 nitrogen and oxygen atoms in total. The van der Waals surface area contributed by atoms with Crippen molar-refractivity contribution in [3.05, 3.63) is 22.6 Å². The van der Waals surface area contributed by atoms with Gasteiger partial charge in [0.15, 0.2) is 11.5 Å². The molecule has 0 saturated carbocycles. The molecule has 0 unspecified atom stereocenters. The van der Waals surface area contributed by atoms with Gasteiger partial charge in [-0.05, 0) is 50.7 Å². The summed E-state index contributed by atoms with van der Waals surface area (Å²) in [5, 5.41) is -0.540. The van der Waals surface area contributed by atoms with Crippen molar-refractivity contribution < 1.29 is 33.3 Å². The van der Waals surface area contributed by atoms with E-state index in [9.17, 15) is 14.4 Å². The summed E-state index contributed by atoms with van der Waals surface area (Å²) < 4.78 is 21.1. The molecule has 1 aromatic rings. The van der Waals surface area contributed by atoms with Gasteiger partial charge in [-0.1, -0.05) is 0 Å². The fourth-order valence-corrected chi connectivity index (χ4v) is 3.35. The fourth-order valence-electron chi connectivity index (χ4n) is 2.52. The molecule has 1 aliphatic rings. The predicted molar refractivity (Wildman–Crippen MR) is 105 cm³/mol. The van der Waals surface area contributed by atoms with Gasteiger partial charge in [0.1, 0.15) is 12.1 Å². The lowest BCUT2D eigenvalue weighted by atomic mass is 10.1. The molecular formula is C19H23NO7S. The van der Waals surface area contributed by atoms with Crippen molar-refractivity contribution >= 4 is 35.0 Å². The SMILES string of the molecule is COc1ccc(/C=C2/SC(=O)N(CC(=O)OC(C)(C)C)C2=O)c(OC)c1OC. The van der Waals surface area contributed by atoms with Gasteiger partial charge in [0, 0.05) is 5.56 Å². The lowest BCUT2D eigenvalue weighted by Gasteiger charge is -2.21. The van der Waals surface area contributed by atoms with Crippen molar-refractivity contribution in [1.29, 1.82) is 0 Å². The summed E-state index contributed by atoms with van der Waals surface area (Å²) >= 11 is 0.742. The zero-order valence-corrected chi connectivity index (χ0v) is 17.5. The Labute approximate surface area is 167 Å². The molecule has 0 aliphatic carbocycles. The number of nitrogens with zero attached hydrogens (tertiary/aromatic N) is 1. The topological polar surface area (TPSA) is 91.4 Å². The molecule has 2 amide bonds. The highest BCUT2D eigenvalue weighted by atomic mass is 32.2. The lowest BCUT2D eigenvalue weighted by molar-refractivity contribution is -0.156. The van der Waals surface area contributed by atoms with E-state index in [2.05, 4.69) is 0 Å². The van der Waals surface area contributed by atoms with Crippen molar-refractivity contribution in [3.8, 4) is 17.2 Å². The number of carbonyl (C=O) groups is 3. The minimum Gasteiger partial charge on any atom is -0.493 e. The molecule has 1 saturated heterocycles. The maximum Gasteiger partial charge on any atom is 0.326 e. The third-order valence-corrected chi connectivity index (χ3v) is 4.51. The van der Waals surface area contributed by atoms with Gasteiger partial charge in [0.05, 0.1) is 26.2 Å². The highest BCUT2D eigenvalue weighted by Crippen LogP contribution is 2.42. The molecule has 0 spiro atoms. The Kier molecular flexibility index (Phi) is 6.60. The second-order valence-electron chi connectivity index (χ2n) is 6.78. The van der Waals surface area contributed by atoms with Gasteiger partial charge in [0.2, 0.25) is 5.75 Å². The van der Waals surface area contributed by atoms with Gasteiger partial charge in [-0.3, -0.25) is 19.3 Å². The number of esters is 1. The second-order valence-corrected chi connectivity index (χ2v) is 7.77. The molecule has 1 heterocycles. The third-order valence-electron chi connectivity index (χ3n) is 3.60. The van der Waals surface area contributed by atoms with Crippen LogP contribution in [0.25, 0.3) is 6.08 Å². The minimum atomic E-state index is -0.707. The predicted octanol–water partition coefficient (Wildman–Crippen LogP) is 3.09. The number of rotatable bonds is 6. The molecule has 9 heteroatoms. The third kappa shape index (κ3) is 4.78. The van der Waals surface area contributed by atoms with Crippen molar-refractivity contribution in [2.45, 2.75) is 26.4 Å². The zero-order valence-electron chi connectivity index (χ0n) is 16.7. The van der Waals surface area contributed by atoms with E-state index in [0.29, 0.717) is 22.8 Å². The van der Waals surface area contributed by atoms with Gasteiger partial charge in [0.25, 0.3) is 11.1 Å². The van der Waals surface area contributed by atoms with Gasteiger partial charge in [-0.15, -0.1) is 0 Å². The summed E-state index contributed by atoms with van der Waals surface area (Å²) in [4.78, 5) is 37.8. The number of benzene rings is 1. The van der Waals surface area contributed by atoms with Crippen molar-refractivity contribution in [1.82, 2.24) is 4.90 Å². The normalized spacial score (nSPS) is 15.8. The molecule has 1 aromatic carbocycles. The number of thioether (sulfide) groups is 1. The van der Waals surface area contributed by atoms with Crippen LogP contribution >= 0.6 is 11.8 Å². The lowest BCUT2D eigenvalue weighted by Crippen LogP contribution is -2.37. The smallest absolute Gasteiger partial charge is 0.326 e. The van der Waals surface area contributed by atoms with Crippen molar-refractivity contribution in [3.63, 3.8) is 0 Å². The summed E-state index contributed by atoms with van der Waals surface area (Å²) in [6.45, 7) is 4.69. The Balaban J connectivity index is 2.30. The fraction of sp³-hybridized carbons (Fsp3) is 0.421. The molecule has 152 valence electrons. The molecule has 0 bridgehead atoms. The van der Waals surface area contributed by atoms with Crippen LogP contribution in [0.1, 0.15) is 26.3 Å². The van der Waals surface area contributed by atoms with E-state index in [1.807, 2.05) is 0 Å². The number of methoxy groups -OCH3 is 3. The quantitative estimate of drug-likeness (QED) is 0.523. The molecule has 1 fully saturated rings. The highest BCUT2D eigenvalue weighted by Gasteiger charge is 2.37. The van der Waals surface area contributed by atoms with E-state index in [-0.39, 0.29) is 4.91 Å². The van der Waals surface area contributed by atoms with Crippen LogP contribution in [0, 0.1) is 0 Å². The van der Waals surface area contributed by atoms with Crippen LogP contribution in [-0.4, -0.2) is 55.5 Å². The molecule has 1 aliphatic heterocycles. The summed E-state index contributed by atoms with van der Waals surface area (Å²) in [5.74, 6) is -0.0282. The van der Waals surface area contributed by atoms with E-state index in [4.69, 9.17) is 18.9 Å². The maximum atomic E-state index is 12.6. The molecule has 2 rings (SSSR count). The van der Waals surface area contributed by atoms with Gasteiger partial charge >= 0.3 is 5.97 Å². The zero-order chi connectivity index (χ0) is 21.1. The summed E-state index contributed by atoms with van der Waals surface area (Å²) in [5.41, 5.74) is -0.176.